The molecule has 0 amide bonds. The highest BCUT2D eigenvalue weighted by molar-refractivity contribution is 5.30. The van der Waals surface area contributed by atoms with Crippen molar-refractivity contribution in [2.75, 3.05) is 0 Å². The first kappa shape index (κ1) is 12.4. The van der Waals surface area contributed by atoms with Crippen molar-refractivity contribution in [3.05, 3.63) is 38.3 Å². The van der Waals surface area contributed by atoms with E-state index in [9.17, 15) is 14.9 Å². The number of hydrogen-bond acceptors (Lipinski definition) is 3. The topological polar surface area (TPSA) is 65.1 Å². The lowest BCUT2D eigenvalue weighted by Crippen LogP contribution is -2.22. The molecule has 1 rings (SSSR count). The van der Waals surface area contributed by atoms with Crippen molar-refractivity contribution < 1.29 is 4.92 Å². The molecule has 1 heterocycles. The van der Waals surface area contributed by atoms with Gasteiger partial charge in [0.25, 0.3) is 11.2 Å². The van der Waals surface area contributed by atoms with Crippen molar-refractivity contribution >= 4 is 5.69 Å². The van der Waals surface area contributed by atoms with Crippen LogP contribution in [0.4, 0.5) is 5.69 Å². The van der Waals surface area contributed by atoms with E-state index >= 15 is 0 Å². The Balaban J connectivity index is 2.98. The fourth-order valence-corrected chi connectivity index (χ4v) is 1.56. The van der Waals surface area contributed by atoms with Gasteiger partial charge in [0.15, 0.2) is 0 Å². The van der Waals surface area contributed by atoms with Crippen LogP contribution in [0.5, 0.6) is 0 Å². The van der Waals surface area contributed by atoms with Gasteiger partial charge in [0.1, 0.15) is 0 Å². The van der Waals surface area contributed by atoms with E-state index in [1.165, 1.54) is 16.8 Å². The molecule has 5 nitrogen and oxygen atoms in total. The summed E-state index contributed by atoms with van der Waals surface area (Å²) in [5.74, 6) is 0. The van der Waals surface area contributed by atoms with E-state index in [0.29, 0.717) is 12.1 Å². The molecule has 0 aliphatic carbocycles. The molecule has 0 atom stereocenters. The Kier molecular flexibility index (Phi) is 4.22. The summed E-state index contributed by atoms with van der Waals surface area (Å²) in [6.45, 7) is 4.22. The maximum atomic E-state index is 11.7. The quantitative estimate of drug-likeness (QED) is 0.437. The van der Waals surface area contributed by atoms with Crippen LogP contribution in [-0.2, 0) is 6.54 Å². The average molecular weight is 224 g/mol. The van der Waals surface area contributed by atoms with E-state index in [1.807, 2.05) is 0 Å². The van der Waals surface area contributed by atoms with Crippen molar-refractivity contribution in [2.24, 2.45) is 0 Å². The highest BCUT2D eigenvalue weighted by Gasteiger charge is 2.10. The fourth-order valence-electron chi connectivity index (χ4n) is 1.56. The van der Waals surface area contributed by atoms with Crippen LogP contribution in [0.15, 0.2) is 17.1 Å². The number of hydrogen-bond donors (Lipinski definition) is 0. The minimum atomic E-state index is -0.469. The highest BCUT2D eigenvalue weighted by Crippen LogP contribution is 2.10. The van der Waals surface area contributed by atoms with Gasteiger partial charge >= 0.3 is 0 Å². The highest BCUT2D eigenvalue weighted by atomic mass is 16.6. The zero-order valence-corrected chi connectivity index (χ0v) is 9.60. The molecule has 0 saturated carbocycles. The lowest BCUT2D eigenvalue weighted by atomic mass is 10.2. The first-order chi connectivity index (χ1) is 7.56. The van der Waals surface area contributed by atoms with Crippen molar-refractivity contribution in [3.63, 3.8) is 0 Å². The lowest BCUT2D eigenvalue weighted by molar-refractivity contribution is -0.385. The summed E-state index contributed by atoms with van der Waals surface area (Å²) < 4.78 is 1.43. The molecule has 0 fully saturated rings. The Morgan fingerprint density at radius 3 is 2.69 bits per heavy atom. The molecule has 5 heteroatoms. The first-order valence-corrected chi connectivity index (χ1v) is 5.41. The van der Waals surface area contributed by atoms with Crippen LogP contribution in [0.3, 0.4) is 0 Å². The molecular weight excluding hydrogens is 208 g/mol. The number of aryl methyl sites for hydroxylation is 2. The van der Waals surface area contributed by atoms with Gasteiger partial charge in [0.2, 0.25) is 0 Å². The van der Waals surface area contributed by atoms with E-state index in [4.69, 9.17) is 0 Å². The van der Waals surface area contributed by atoms with Crippen LogP contribution in [0.2, 0.25) is 0 Å². The van der Waals surface area contributed by atoms with Gasteiger partial charge in [-0.1, -0.05) is 19.8 Å². The van der Waals surface area contributed by atoms with Gasteiger partial charge in [-0.25, -0.2) is 0 Å². The number of nitro groups is 1. The third-order valence-electron chi connectivity index (χ3n) is 2.46. The molecule has 0 aliphatic heterocycles. The second kappa shape index (κ2) is 5.44. The minimum Gasteiger partial charge on any atom is -0.309 e. The van der Waals surface area contributed by atoms with Crippen LogP contribution in [0.25, 0.3) is 0 Å². The van der Waals surface area contributed by atoms with Gasteiger partial charge in [-0.2, -0.15) is 0 Å². The van der Waals surface area contributed by atoms with Gasteiger partial charge in [-0.05, 0) is 13.3 Å². The third kappa shape index (κ3) is 2.92. The van der Waals surface area contributed by atoms with Crippen LogP contribution < -0.4 is 5.56 Å². The van der Waals surface area contributed by atoms with Crippen LogP contribution >= 0.6 is 0 Å². The number of aromatic nitrogens is 1. The Hall–Kier alpha value is -1.65. The lowest BCUT2D eigenvalue weighted by Gasteiger charge is -2.05. The molecule has 16 heavy (non-hydrogen) atoms. The van der Waals surface area contributed by atoms with Crippen molar-refractivity contribution in [1.29, 1.82) is 0 Å². The molecule has 0 aliphatic rings. The van der Waals surface area contributed by atoms with Gasteiger partial charge in [0, 0.05) is 18.2 Å². The zero-order valence-electron chi connectivity index (χ0n) is 9.60. The maximum absolute atomic E-state index is 11.7. The van der Waals surface area contributed by atoms with Gasteiger partial charge in [-0.3, -0.25) is 14.9 Å². The maximum Gasteiger partial charge on any atom is 0.286 e. The predicted molar refractivity (Wildman–Crippen MR) is 61.6 cm³/mol. The predicted octanol–water partition coefficient (Wildman–Crippen LogP) is 2.26. The Labute approximate surface area is 93.9 Å². The average Bonchev–Trinajstić information content (AvgIpc) is 2.24. The molecule has 0 N–H and O–H groups in total. The third-order valence-corrected chi connectivity index (χ3v) is 2.46. The summed E-state index contributed by atoms with van der Waals surface area (Å²) in [7, 11) is 0. The molecule has 0 radical (unpaired) electrons. The molecular formula is C11H16N2O3. The van der Waals surface area contributed by atoms with Gasteiger partial charge in [0.05, 0.1) is 11.1 Å². The number of nitrogens with zero attached hydrogens (tertiary/aromatic N) is 2. The minimum absolute atomic E-state index is 0.0198. The number of rotatable bonds is 5. The molecule has 1 aromatic heterocycles. The summed E-state index contributed by atoms with van der Waals surface area (Å²) in [4.78, 5) is 21.8. The first-order valence-electron chi connectivity index (χ1n) is 5.41. The fraction of sp³-hybridized carbons (Fsp3) is 0.545. The molecule has 0 aromatic carbocycles. The Morgan fingerprint density at radius 2 is 2.12 bits per heavy atom. The second-order valence-corrected chi connectivity index (χ2v) is 3.84. The van der Waals surface area contributed by atoms with Crippen LogP contribution in [0.1, 0.15) is 31.7 Å². The van der Waals surface area contributed by atoms with Crippen molar-refractivity contribution in [3.8, 4) is 0 Å². The molecule has 0 bridgehead atoms. The summed E-state index contributed by atoms with van der Waals surface area (Å²) in [5.41, 5.74) is 0.265. The van der Waals surface area contributed by atoms with E-state index in [2.05, 4.69) is 6.92 Å². The molecule has 1 aromatic rings. The van der Waals surface area contributed by atoms with E-state index in [1.54, 1.807) is 6.92 Å². The largest absolute Gasteiger partial charge is 0.309 e. The summed E-state index contributed by atoms with van der Waals surface area (Å²) in [5, 5.41) is 10.6. The molecule has 0 spiro atoms. The number of unbranched alkanes of at least 4 members (excludes halogenated alkanes) is 2. The summed E-state index contributed by atoms with van der Waals surface area (Å²) >= 11 is 0. The zero-order chi connectivity index (χ0) is 12.1. The molecule has 0 unspecified atom stereocenters. The molecule has 0 saturated heterocycles. The second-order valence-electron chi connectivity index (χ2n) is 3.84. The van der Waals surface area contributed by atoms with E-state index in [-0.39, 0.29) is 11.2 Å². The number of pyridine rings is 1. The standard InChI is InChI=1S/C11H16N2O3/c1-3-4-5-6-12-8-10(13(15)16)7-9(2)11(12)14/h7-8H,3-6H2,1-2H3. The van der Waals surface area contributed by atoms with Gasteiger partial charge in [-0.15, -0.1) is 0 Å². The van der Waals surface area contributed by atoms with Crippen molar-refractivity contribution in [2.45, 2.75) is 39.7 Å². The SMILES string of the molecule is CCCCCn1cc([N+](=O)[O-])cc(C)c1=O. The smallest absolute Gasteiger partial charge is 0.286 e. The summed E-state index contributed by atoms with van der Waals surface area (Å²) in [6, 6.07) is 1.32. The normalized spacial score (nSPS) is 10.4. The monoisotopic (exact) mass is 224 g/mol. The van der Waals surface area contributed by atoms with E-state index in [0.717, 1.165) is 19.3 Å². The van der Waals surface area contributed by atoms with Crippen LogP contribution in [-0.4, -0.2) is 9.49 Å². The van der Waals surface area contributed by atoms with E-state index < -0.39 is 4.92 Å². The van der Waals surface area contributed by atoms with Crippen LogP contribution in [0, 0.1) is 17.0 Å². The Morgan fingerprint density at radius 1 is 1.44 bits per heavy atom. The van der Waals surface area contributed by atoms with Crippen molar-refractivity contribution in [1.82, 2.24) is 4.57 Å². The molecule has 88 valence electrons. The summed E-state index contributed by atoms with van der Waals surface area (Å²) in [6.07, 6.45) is 4.28. The van der Waals surface area contributed by atoms with Gasteiger partial charge < -0.3 is 4.57 Å². The Bertz CT molecular complexity index is 437.